The largest absolute Gasteiger partial charge is 0.467 e. The lowest BCUT2D eigenvalue weighted by molar-refractivity contribution is -0.133. The Labute approximate surface area is 165 Å². The van der Waals surface area contributed by atoms with Gasteiger partial charge in [-0.3, -0.25) is 14.6 Å². The van der Waals surface area contributed by atoms with Crippen LogP contribution in [0.4, 0.5) is 0 Å². The molecule has 150 valence electrons. The summed E-state index contributed by atoms with van der Waals surface area (Å²) in [5.74, 6) is 0.140. The minimum absolute atomic E-state index is 0.134. The molecule has 7 heteroatoms. The first-order valence-electron chi connectivity index (χ1n) is 9.96. The normalized spacial score (nSPS) is 16.9. The second-order valence-corrected chi connectivity index (χ2v) is 7.50. The summed E-state index contributed by atoms with van der Waals surface area (Å²) in [5, 5.41) is 3.18. The molecule has 0 aromatic carbocycles. The Morgan fingerprint density at radius 3 is 2.68 bits per heavy atom. The smallest absolute Gasteiger partial charge is 0.275 e. The maximum Gasteiger partial charge on any atom is 0.275 e. The van der Waals surface area contributed by atoms with Crippen LogP contribution in [-0.2, 0) is 11.3 Å². The molecule has 1 saturated carbocycles. The number of hydrogen-bond donors (Lipinski definition) is 1. The summed E-state index contributed by atoms with van der Waals surface area (Å²) in [6.07, 6.45) is 11.9. The highest BCUT2D eigenvalue weighted by Crippen LogP contribution is 2.26. The van der Waals surface area contributed by atoms with E-state index in [-0.39, 0.29) is 30.1 Å². The van der Waals surface area contributed by atoms with Gasteiger partial charge in [0.15, 0.2) is 0 Å². The van der Waals surface area contributed by atoms with Crippen LogP contribution < -0.4 is 5.32 Å². The second-order valence-electron chi connectivity index (χ2n) is 7.50. The van der Waals surface area contributed by atoms with Gasteiger partial charge in [0.1, 0.15) is 17.0 Å². The fraction of sp³-hybridized carbons (Fsp3) is 0.524. The first-order valence-corrected chi connectivity index (χ1v) is 9.96. The molecule has 0 aliphatic heterocycles. The van der Waals surface area contributed by atoms with E-state index in [1.54, 1.807) is 23.3 Å². The zero-order valence-corrected chi connectivity index (χ0v) is 16.6. The van der Waals surface area contributed by atoms with Gasteiger partial charge in [-0.2, -0.15) is 0 Å². The Balaban J connectivity index is 1.88. The van der Waals surface area contributed by atoms with E-state index in [2.05, 4.69) is 15.3 Å². The predicted octanol–water partition coefficient (Wildman–Crippen LogP) is 3.33. The number of carbonyl (C=O) groups excluding carboxylic acids is 2. The first-order chi connectivity index (χ1) is 13.5. The molecule has 0 unspecified atom stereocenters. The van der Waals surface area contributed by atoms with Crippen molar-refractivity contribution in [2.75, 3.05) is 0 Å². The van der Waals surface area contributed by atoms with Crippen molar-refractivity contribution in [2.45, 2.75) is 70.5 Å². The molecule has 2 aromatic rings. The molecule has 1 aliphatic rings. The summed E-state index contributed by atoms with van der Waals surface area (Å²) in [4.78, 5) is 36.3. The van der Waals surface area contributed by atoms with Crippen LogP contribution in [0.2, 0.25) is 0 Å². The lowest BCUT2D eigenvalue weighted by Crippen LogP contribution is -2.60. The SMILES string of the molecule is CC[C@@](C)(C(=O)NC1CCCCC1)N(Cc1ccco1)C(=O)c1cnccn1. The fourth-order valence-electron chi connectivity index (χ4n) is 3.64. The number of amides is 2. The molecule has 0 bridgehead atoms. The van der Waals surface area contributed by atoms with Crippen LogP contribution >= 0.6 is 0 Å². The van der Waals surface area contributed by atoms with Crippen LogP contribution in [-0.4, -0.2) is 38.3 Å². The topological polar surface area (TPSA) is 88.3 Å². The molecule has 1 fully saturated rings. The van der Waals surface area contributed by atoms with Gasteiger partial charge in [0.2, 0.25) is 5.91 Å². The molecule has 3 rings (SSSR count). The van der Waals surface area contributed by atoms with E-state index >= 15 is 0 Å². The van der Waals surface area contributed by atoms with Crippen LogP contribution in [0.5, 0.6) is 0 Å². The first kappa shape index (κ1) is 20.0. The van der Waals surface area contributed by atoms with E-state index in [0.717, 1.165) is 25.7 Å². The molecule has 1 N–H and O–H groups in total. The van der Waals surface area contributed by atoms with E-state index in [0.29, 0.717) is 12.2 Å². The number of nitrogens with zero attached hydrogens (tertiary/aromatic N) is 3. The van der Waals surface area contributed by atoms with E-state index in [4.69, 9.17) is 4.42 Å². The number of carbonyl (C=O) groups is 2. The van der Waals surface area contributed by atoms with Crippen LogP contribution in [0.25, 0.3) is 0 Å². The number of nitrogens with one attached hydrogen (secondary N) is 1. The number of furan rings is 1. The summed E-state index contributed by atoms with van der Waals surface area (Å²) in [6, 6.07) is 3.74. The van der Waals surface area contributed by atoms with Gasteiger partial charge >= 0.3 is 0 Å². The summed E-state index contributed by atoms with van der Waals surface area (Å²) < 4.78 is 5.46. The molecular weight excluding hydrogens is 356 g/mol. The molecule has 0 radical (unpaired) electrons. The van der Waals surface area contributed by atoms with E-state index in [1.807, 2.05) is 13.8 Å². The molecular formula is C21H28N4O3. The van der Waals surface area contributed by atoms with E-state index in [9.17, 15) is 9.59 Å². The van der Waals surface area contributed by atoms with Crippen molar-refractivity contribution in [1.82, 2.24) is 20.2 Å². The van der Waals surface area contributed by atoms with Crippen molar-refractivity contribution < 1.29 is 14.0 Å². The van der Waals surface area contributed by atoms with Gasteiger partial charge in [-0.25, -0.2) is 4.98 Å². The van der Waals surface area contributed by atoms with Crippen LogP contribution in [0.3, 0.4) is 0 Å². The van der Waals surface area contributed by atoms with Crippen molar-refractivity contribution in [1.29, 1.82) is 0 Å². The van der Waals surface area contributed by atoms with Crippen LogP contribution in [0.15, 0.2) is 41.4 Å². The Hall–Kier alpha value is -2.70. The quantitative estimate of drug-likeness (QED) is 0.791. The molecule has 2 amide bonds. The third-order valence-electron chi connectivity index (χ3n) is 5.64. The highest BCUT2D eigenvalue weighted by atomic mass is 16.3. The van der Waals surface area contributed by atoms with E-state index in [1.165, 1.54) is 25.0 Å². The monoisotopic (exact) mass is 384 g/mol. The predicted molar refractivity (Wildman–Crippen MR) is 104 cm³/mol. The summed E-state index contributed by atoms with van der Waals surface area (Å²) >= 11 is 0. The standard InChI is InChI=1S/C21H28N4O3/c1-3-21(2,20(27)24-16-8-5-4-6-9-16)25(15-17-10-7-13-28-17)19(26)18-14-22-11-12-23-18/h7,10-14,16H,3-6,8-9,15H2,1-2H3,(H,24,27)/t21-/m0/s1. The summed E-state index contributed by atoms with van der Waals surface area (Å²) in [6.45, 7) is 3.91. The molecule has 1 aliphatic carbocycles. The zero-order chi connectivity index (χ0) is 20.0. The van der Waals surface area contributed by atoms with Crippen molar-refractivity contribution >= 4 is 11.8 Å². The molecule has 1 atom stereocenters. The van der Waals surface area contributed by atoms with Crippen molar-refractivity contribution in [3.8, 4) is 0 Å². The number of rotatable bonds is 7. The van der Waals surface area contributed by atoms with Crippen molar-refractivity contribution in [3.63, 3.8) is 0 Å². The highest BCUT2D eigenvalue weighted by Gasteiger charge is 2.42. The summed E-state index contributed by atoms with van der Waals surface area (Å²) in [5.41, 5.74) is -0.821. The maximum absolute atomic E-state index is 13.3. The molecule has 0 saturated heterocycles. The lowest BCUT2D eigenvalue weighted by atomic mass is 9.91. The van der Waals surface area contributed by atoms with Gasteiger partial charge in [0.05, 0.1) is 19.0 Å². The average molecular weight is 384 g/mol. The number of hydrogen-bond acceptors (Lipinski definition) is 5. The van der Waals surface area contributed by atoms with Gasteiger partial charge in [0.25, 0.3) is 5.91 Å². The van der Waals surface area contributed by atoms with Gasteiger partial charge in [0, 0.05) is 18.4 Å². The van der Waals surface area contributed by atoms with Crippen molar-refractivity contribution in [2.24, 2.45) is 0 Å². The van der Waals surface area contributed by atoms with Gasteiger partial charge < -0.3 is 14.6 Å². The maximum atomic E-state index is 13.3. The number of aromatic nitrogens is 2. The summed E-state index contributed by atoms with van der Waals surface area (Å²) in [7, 11) is 0. The van der Waals surface area contributed by atoms with E-state index < -0.39 is 5.54 Å². The minimum atomic E-state index is -1.03. The van der Waals surface area contributed by atoms with Crippen molar-refractivity contribution in [3.05, 3.63) is 48.4 Å². The Kier molecular flexibility index (Phi) is 6.44. The third-order valence-corrected chi connectivity index (χ3v) is 5.64. The molecule has 2 heterocycles. The molecule has 0 spiro atoms. The fourth-order valence-corrected chi connectivity index (χ4v) is 3.64. The zero-order valence-electron chi connectivity index (χ0n) is 16.6. The average Bonchev–Trinajstić information content (AvgIpc) is 3.25. The lowest BCUT2D eigenvalue weighted by Gasteiger charge is -2.40. The minimum Gasteiger partial charge on any atom is -0.467 e. The Morgan fingerprint density at radius 2 is 2.07 bits per heavy atom. The molecule has 28 heavy (non-hydrogen) atoms. The Bertz CT molecular complexity index is 772. The third kappa shape index (κ3) is 4.40. The highest BCUT2D eigenvalue weighted by molar-refractivity contribution is 5.97. The van der Waals surface area contributed by atoms with Gasteiger partial charge in [-0.1, -0.05) is 26.2 Å². The second kappa shape index (κ2) is 8.99. The Morgan fingerprint density at radius 1 is 1.29 bits per heavy atom. The molecule has 7 nitrogen and oxygen atoms in total. The van der Waals surface area contributed by atoms with Crippen LogP contribution in [0, 0.1) is 0 Å². The van der Waals surface area contributed by atoms with Gasteiger partial charge in [-0.05, 0) is 38.3 Å². The molecule has 2 aromatic heterocycles. The van der Waals surface area contributed by atoms with Gasteiger partial charge in [-0.15, -0.1) is 0 Å². The van der Waals surface area contributed by atoms with Crippen LogP contribution in [0.1, 0.15) is 68.6 Å².